The highest BCUT2D eigenvalue weighted by Crippen LogP contribution is 2.26. The minimum absolute atomic E-state index is 0.258. The Morgan fingerprint density at radius 3 is 2.79 bits per heavy atom. The van der Waals surface area contributed by atoms with Crippen LogP contribution in [0.2, 0.25) is 0 Å². The minimum atomic E-state index is -0.978. The summed E-state index contributed by atoms with van der Waals surface area (Å²) in [6.45, 7) is -0.258. The number of benzene rings is 2. The van der Waals surface area contributed by atoms with Gasteiger partial charge in [0.15, 0.2) is 5.82 Å². The smallest absolute Gasteiger partial charge is 0.325 e. The van der Waals surface area contributed by atoms with E-state index in [9.17, 15) is 4.79 Å². The van der Waals surface area contributed by atoms with Crippen molar-refractivity contribution >= 4 is 16.7 Å². The number of rotatable bonds is 3. The molecular formula is C13H10N4O2. The van der Waals surface area contributed by atoms with Crippen molar-refractivity contribution < 1.29 is 9.90 Å². The molecule has 0 atom stereocenters. The Bertz CT molecular complexity index is 746. The molecule has 6 nitrogen and oxygen atoms in total. The third-order valence-corrected chi connectivity index (χ3v) is 2.85. The van der Waals surface area contributed by atoms with E-state index >= 15 is 0 Å². The number of aromatic nitrogens is 4. The van der Waals surface area contributed by atoms with Gasteiger partial charge in [0.2, 0.25) is 0 Å². The van der Waals surface area contributed by atoms with Crippen LogP contribution in [-0.4, -0.2) is 31.3 Å². The molecule has 0 saturated carbocycles. The predicted molar refractivity (Wildman–Crippen MR) is 68.4 cm³/mol. The fraction of sp³-hybridized carbons (Fsp3) is 0.0769. The number of aliphatic carboxylic acids is 1. The van der Waals surface area contributed by atoms with Gasteiger partial charge in [-0.1, -0.05) is 42.5 Å². The first-order valence-electron chi connectivity index (χ1n) is 5.72. The van der Waals surface area contributed by atoms with Crippen molar-refractivity contribution in [2.75, 3.05) is 0 Å². The fourth-order valence-electron chi connectivity index (χ4n) is 2.05. The van der Waals surface area contributed by atoms with Crippen molar-refractivity contribution in [3.05, 3.63) is 42.5 Å². The molecule has 0 saturated heterocycles. The summed E-state index contributed by atoms with van der Waals surface area (Å²) in [5.41, 5.74) is 0.823. The summed E-state index contributed by atoms with van der Waals surface area (Å²) in [6.07, 6.45) is 0. The summed E-state index contributed by atoms with van der Waals surface area (Å²) < 4.78 is 1.28. The number of carbonyl (C=O) groups is 1. The standard InChI is InChI=1S/C13H10N4O2/c18-12(19)8-17-13(14-15-16-17)11-7-3-5-9-4-1-2-6-10(9)11/h1-7H,8H2,(H,18,19). The largest absolute Gasteiger partial charge is 0.480 e. The van der Waals surface area contributed by atoms with E-state index in [1.165, 1.54) is 4.68 Å². The Kier molecular flexibility index (Phi) is 2.68. The van der Waals surface area contributed by atoms with Gasteiger partial charge in [-0.05, 0) is 21.2 Å². The van der Waals surface area contributed by atoms with Gasteiger partial charge in [-0.3, -0.25) is 4.79 Å². The average molecular weight is 254 g/mol. The maximum atomic E-state index is 10.8. The number of hydrogen-bond donors (Lipinski definition) is 1. The van der Waals surface area contributed by atoms with E-state index in [0.717, 1.165) is 16.3 Å². The van der Waals surface area contributed by atoms with E-state index in [2.05, 4.69) is 15.5 Å². The van der Waals surface area contributed by atoms with Gasteiger partial charge < -0.3 is 5.11 Å². The van der Waals surface area contributed by atoms with Gasteiger partial charge in [0, 0.05) is 5.56 Å². The maximum absolute atomic E-state index is 10.8. The molecule has 3 rings (SSSR count). The number of tetrazole rings is 1. The van der Waals surface area contributed by atoms with Crippen LogP contribution in [0.5, 0.6) is 0 Å². The molecule has 0 aliphatic carbocycles. The molecule has 0 bridgehead atoms. The van der Waals surface area contributed by atoms with Gasteiger partial charge in [-0.15, -0.1) is 5.10 Å². The number of hydrogen-bond acceptors (Lipinski definition) is 4. The van der Waals surface area contributed by atoms with E-state index in [1.807, 2.05) is 42.5 Å². The van der Waals surface area contributed by atoms with Gasteiger partial charge in [-0.2, -0.15) is 0 Å². The lowest BCUT2D eigenvalue weighted by Gasteiger charge is -2.05. The first-order valence-corrected chi connectivity index (χ1v) is 5.72. The van der Waals surface area contributed by atoms with E-state index in [1.54, 1.807) is 0 Å². The number of fused-ring (bicyclic) bond motifs is 1. The van der Waals surface area contributed by atoms with Crippen molar-refractivity contribution in [3.8, 4) is 11.4 Å². The summed E-state index contributed by atoms with van der Waals surface area (Å²) in [5.74, 6) is -0.520. The molecule has 0 aliphatic rings. The summed E-state index contributed by atoms with van der Waals surface area (Å²) in [4.78, 5) is 10.8. The van der Waals surface area contributed by atoms with Crippen LogP contribution in [0.3, 0.4) is 0 Å². The van der Waals surface area contributed by atoms with E-state index in [4.69, 9.17) is 5.11 Å². The first kappa shape index (κ1) is 11.3. The molecule has 1 aromatic heterocycles. The number of nitrogens with zero attached hydrogens (tertiary/aromatic N) is 4. The fourth-order valence-corrected chi connectivity index (χ4v) is 2.05. The predicted octanol–water partition coefficient (Wildman–Crippen LogP) is 1.58. The van der Waals surface area contributed by atoms with Crippen molar-refractivity contribution in [1.29, 1.82) is 0 Å². The molecule has 0 radical (unpaired) electrons. The molecule has 0 fully saturated rings. The SMILES string of the molecule is O=C(O)Cn1nnnc1-c1cccc2ccccc12. The Balaban J connectivity index is 2.20. The minimum Gasteiger partial charge on any atom is -0.480 e. The van der Waals surface area contributed by atoms with Gasteiger partial charge in [-0.25, -0.2) is 4.68 Å². The summed E-state index contributed by atoms with van der Waals surface area (Å²) in [6, 6.07) is 13.6. The number of carboxylic acids is 1. The third kappa shape index (κ3) is 2.03. The molecule has 0 aliphatic heterocycles. The van der Waals surface area contributed by atoms with Crippen molar-refractivity contribution in [2.24, 2.45) is 0 Å². The van der Waals surface area contributed by atoms with E-state index in [-0.39, 0.29) is 6.54 Å². The first-order chi connectivity index (χ1) is 9.25. The second-order valence-electron chi connectivity index (χ2n) is 4.08. The topological polar surface area (TPSA) is 80.9 Å². The van der Waals surface area contributed by atoms with E-state index < -0.39 is 5.97 Å². The Labute approximate surface area is 108 Å². The molecule has 94 valence electrons. The van der Waals surface area contributed by atoms with Crippen LogP contribution in [0.15, 0.2) is 42.5 Å². The molecule has 1 heterocycles. The second-order valence-corrected chi connectivity index (χ2v) is 4.08. The van der Waals surface area contributed by atoms with Crippen LogP contribution in [0.25, 0.3) is 22.2 Å². The van der Waals surface area contributed by atoms with Crippen LogP contribution in [0.1, 0.15) is 0 Å². The van der Waals surface area contributed by atoms with Gasteiger partial charge in [0.05, 0.1) is 0 Å². The lowest BCUT2D eigenvalue weighted by atomic mass is 10.0. The monoisotopic (exact) mass is 254 g/mol. The molecule has 2 aromatic carbocycles. The highest BCUT2D eigenvalue weighted by Gasteiger charge is 2.13. The Morgan fingerprint density at radius 2 is 1.95 bits per heavy atom. The Hall–Kier alpha value is -2.76. The van der Waals surface area contributed by atoms with Gasteiger partial charge >= 0.3 is 5.97 Å². The molecule has 1 N–H and O–H groups in total. The molecule has 19 heavy (non-hydrogen) atoms. The quantitative estimate of drug-likeness (QED) is 0.767. The molecule has 0 amide bonds. The molecular weight excluding hydrogens is 244 g/mol. The zero-order valence-electron chi connectivity index (χ0n) is 9.89. The normalized spacial score (nSPS) is 10.7. The van der Waals surface area contributed by atoms with E-state index in [0.29, 0.717) is 5.82 Å². The highest BCUT2D eigenvalue weighted by atomic mass is 16.4. The molecule has 0 spiro atoms. The molecule has 3 aromatic rings. The highest BCUT2D eigenvalue weighted by molar-refractivity contribution is 5.95. The van der Waals surface area contributed by atoms with Crippen LogP contribution in [0.4, 0.5) is 0 Å². The lowest BCUT2D eigenvalue weighted by Crippen LogP contribution is -2.11. The zero-order chi connectivity index (χ0) is 13.2. The van der Waals surface area contributed by atoms with Crippen molar-refractivity contribution in [2.45, 2.75) is 6.54 Å². The summed E-state index contributed by atoms with van der Waals surface area (Å²) in [5, 5.41) is 22.1. The summed E-state index contributed by atoms with van der Waals surface area (Å²) >= 11 is 0. The zero-order valence-corrected chi connectivity index (χ0v) is 9.89. The van der Waals surface area contributed by atoms with Crippen LogP contribution >= 0.6 is 0 Å². The lowest BCUT2D eigenvalue weighted by molar-refractivity contribution is -0.137. The van der Waals surface area contributed by atoms with Crippen LogP contribution < -0.4 is 0 Å². The Morgan fingerprint density at radius 1 is 1.16 bits per heavy atom. The van der Waals surface area contributed by atoms with Crippen LogP contribution in [-0.2, 0) is 11.3 Å². The maximum Gasteiger partial charge on any atom is 0.325 e. The van der Waals surface area contributed by atoms with Gasteiger partial charge in [0.1, 0.15) is 6.54 Å². The third-order valence-electron chi connectivity index (χ3n) is 2.85. The van der Waals surface area contributed by atoms with Gasteiger partial charge in [0.25, 0.3) is 0 Å². The molecule has 0 unspecified atom stereocenters. The number of carboxylic acid groups (broad SMARTS) is 1. The van der Waals surface area contributed by atoms with Crippen molar-refractivity contribution in [3.63, 3.8) is 0 Å². The summed E-state index contributed by atoms with van der Waals surface area (Å²) in [7, 11) is 0. The second kappa shape index (κ2) is 4.49. The average Bonchev–Trinajstić information content (AvgIpc) is 2.85. The molecule has 6 heteroatoms. The van der Waals surface area contributed by atoms with Crippen molar-refractivity contribution in [1.82, 2.24) is 20.2 Å². The van der Waals surface area contributed by atoms with Crippen LogP contribution in [0, 0.1) is 0 Å².